The van der Waals surface area contributed by atoms with Crippen LogP contribution in [0.3, 0.4) is 0 Å². The van der Waals surface area contributed by atoms with E-state index in [1.165, 1.54) is 11.3 Å². The fraction of sp³-hybridized carbons (Fsp3) is 0.476. The second kappa shape index (κ2) is 10.6. The number of methoxy groups -OCH3 is 1. The van der Waals surface area contributed by atoms with Gasteiger partial charge < -0.3 is 15.4 Å². The van der Waals surface area contributed by atoms with Crippen LogP contribution < -0.4 is 10.6 Å². The molecule has 1 unspecified atom stereocenters. The lowest BCUT2D eigenvalue weighted by Gasteiger charge is -2.28. The van der Waals surface area contributed by atoms with Crippen molar-refractivity contribution in [1.29, 1.82) is 0 Å². The van der Waals surface area contributed by atoms with E-state index in [9.17, 15) is 0 Å². The van der Waals surface area contributed by atoms with Gasteiger partial charge in [0.2, 0.25) is 5.95 Å². The number of nitrogens with two attached hydrogens (primary N) is 1. The Balaban J connectivity index is 0.000000409. The molecule has 3 N–H and O–H groups in total. The Kier molecular flexibility index (Phi) is 8.19. The molecule has 0 aliphatic carbocycles. The number of fused-ring (bicyclic) bond motifs is 1. The summed E-state index contributed by atoms with van der Waals surface area (Å²) in [5.41, 5.74) is 10.4. The first kappa shape index (κ1) is 21.6. The third kappa shape index (κ3) is 5.42. The summed E-state index contributed by atoms with van der Waals surface area (Å²) in [4.78, 5) is 10.9. The first-order valence-corrected chi connectivity index (χ1v) is 9.70. The minimum atomic E-state index is 0.238. The Bertz CT molecular complexity index is 798. The summed E-state index contributed by atoms with van der Waals surface area (Å²) in [6.45, 7) is 12.4. The lowest BCUT2D eigenvalue weighted by Crippen LogP contribution is -2.31. The Hall–Kier alpha value is -2.67. The maximum atomic E-state index is 5.84. The number of nitrogens with one attached hydrogen (secondary N) is 1. The van der Waals surface area contributed by atoms with Crippen LogP contribution in [0.4, 0.5) is 11.8 Å². The number of anilines is 2. The number of rotatable bonds is 6. The number of aromatic nitrogens is 4. The summed E-state index contributed by atoms with van der Waals surface area (Å²) < 4.78 is 4.70. The molecule has 1 atom stereocenters. The summed E-state index contributed by atoms with van der Waals surface area (Å²) >= 11 is 0. The van der Waals surface area contributed by atoms with Crippen LogP contribution in [0.2, 0.25) is 0 Å². The van der Waals surface area contributed by atoms with Crippen molar-refractivity contribution in [1.82, 2.24) is 20.2 Å². The molecule has 2 aromatic heterocycles. The predicted octanol–water partition coefficient (Wildman–Crippen LogP) is 3.41. The van der Waals surface area contributed by atoms with Crippen LogP contribution >= 0.6 is 0 Å². The van der Waals surface area contributed by atoms with Gasteiger partial charge in [-0.3, -0.25) is 5.10 Å². The van der Waals surface area contributed by atoms with Crippen molar-refractivity contribution >= 4 is 11.8 Å². The van der Waals surface area contributed by atoms with Crippen LogP contribution in [0.25, 0.3) is 0 Å². The molecule has 1 aliphatic heterocycles. The van der Waals surface area contributed by atoms with Crippen LogP contribution in [0.15, 0.2) is 30.9 Å². The molecule has 0 amide bonds. The molecule has 2 aromatic rings. The zero-order chi connectivity index (χ0) is 20.5. The van der Waals surface area contributed by atoms with Crippen molar-refractivity contribution in [3.05, 3.63) is 53.5 Å². The van der Waals surface area contributed by atoms with Gasteiger partial charge in [-0.15, -0.1) is 6.58 Å². The van der Waals surface area contributed by atoms with E-state index in [1.807, 2.05) is 31.2 Å². The van der Waals surface area contributed by atoms with Gasteiger partial charge in [-0.25, -0.2) is 4.98 Å². The van der Waals surface area contributed by atoms with E-state index in [4.69, 9.17) is 10.5 Å². The summed E-state index contributed by atoms with van der Waals surface area (Å²) in [7, 11) is 1.68. The van der Waals surface area contributed by atoms with Crippen molar-refractivity contribution < 1.29 is 4.74 Å². The zero-order valence-electron chi connectivity index (χ0n) is 17.4. The molecule has 28 heavy (non-hydrogen) atoms. The van der Waals surface area contributed by atoms with E-state index >= 15 is 0 Å². The van der Waals surface area contributed by atoms with Gasteiger partial charge in [0.25, 0.3) is 0 Å². The van der Waals surface area contributed by atoms with Crippen LogP contribution in [-0.2, 0) is 24.1 Å². The highest BCUT2D eigenvalue weighted by atomic mass is 16.5. The lowest BCUT2D eigenvalue weighted by atomic mass is 9.98. The molecule has 152 valence electrons. The smallest absolute Gasteiger partial charge is 0.222 e. The van der Waals surface area contributed by atoms with Crippen LogP contribution in [0.1, 0.15) is 49.3 Å². The van der Waals surface area contributed by atoms with E-state index in [1.54, 1.807) is 7.11 Å². The average molecular weight is 385 g/mol. The van der Waals surface area contributed by atoms with E-state index in [0.29, 0.717) is 5.95 Å². The molecular weight excluding hydrogens is 352 g/mol. The largest absolute Gasteiger partial charge is 0.381 e. The molecule has 0 bridgehead atoms. The Morgan fingerprint density at radius 2 is 2.21 bits per heavy atom. The second-order valence-electron chi connectivity index (χ2n) is 6.72. The van der Waals surface area contributed by atoms with Crippen molar-refractivity contribution in [2.24, 2.45) is 0 Å². The number of H-pyrrole nitrogens is 1. The molecule has 3 heterocycles. The fourth-order valence-corrected chi connectivity index (χ4v) is 3.04. The van der Waals surface area contributed by atoms with Gasteiger partial charge in [0.05, 0.1) is 12.3 Å². The predicted molar refractivity (Wildman–Crippen MR) is 114 cm³/mol. The number of nitrogens with zero attached hydrogens (tertiary/aromatic N) is 4. The topological polar surface area (TPSA) is 93.0 Å². The first-order valence-electron chi connectivity index (χ1n) is 9.70. The molecule has 0 aromatic carbocycles. The quantitative estimate of drug-likeness (QED) is 0.742. The average Bonchev–Trinajstić information content (AvgIpc) is 3.14. The molecule has 0 radical (unpaired) electrons. The van der Waals surface area contributed by atoms with Gasteiger partial charge >= 0.3 is 0 Å². The van der Waals surface area contributed by atoms with Gasteiger partial charge in [0.1, 0.15) is 5.82 Å². The van der Waals surface area contributed by atoms with Gasteiger partial charge in [-0.1, -0.05) is 32.1 Å². The molecule has 0 fully saturated rings. The number of ether oxygens (including phenoxy) is 1. The minimum Gasteiger partial charge on any atom is -0.381 e. The lowest BCUT2D eigenvalue weighted by molar-refractivity contribution is 0.234. The van der Waals surface area contributed by atoms with Crippen LogP contribution in [-0.4, -0.2) is 40.4 Å². The molecule has 1 aliphatic rings. The van der Waals surface area contributed by atoms with Gasteiger partial charge in [0.15, 0.2) is 0 Å². The number of nitrogen functional groups attached to an aromatic ring is 1. The van der Waals surface area contributed by atoms with E-state index in [2.05, 4.69) is 45.5 Å². The number of hydrogen-bond acceptors (Lipinski definition) is 6. The number of aryl methyl sites for hydroxylation is 1. The van der Waals surface area contributed by atoms with E-state index in [0.717, 1.165) is 49.7 Å². The maximum Gasteiger partial charge on any atom is 0.222 e. The minimum absolute atomic E-state index is 0.238. The standard InChI is InChI=1S/C16H22N6.C5H10O/c1-4-10(3)15-12-9-22(7-6-13(12)20-21-15)14-8-11(5-2)18-16(17)19-14;1-3-4-5-6-2/h4,8,10H,1,5-7,9H2,2-3H3,(H,20,21)(H2,17,18,19);3-4H,5H2,1-2H3/b;4-3-. The fourth-order valence-electron chi connectivity index (χ4n) is 3.04. The SMILES string of the molecule is C/C=C\COC.C=CC(C)c1n[nH]c2c1CN(c1cc(CC)nc(N)n1)CC2. The maximum absolute atomic E-state index is 5.84. The monoisotopic (exact) mass is 384 g/mol. The molecular formula is C21H32N6O. The van der Waals surface area contributed by atoms with E-state index < -0.39 is 0 Å². The third-order valence-electron chi connectivity index (χ3n) is 4.72. The molecule has 3 rings (SSSR count). The molecule has 0 saturated heterocycles. The third-order valence-corrected chi connectivity index (χ3v) is 4.72. The first-order chi connectivity index (χ1) is 13.5. The van der Waals surface area contributed by atoms with Crippen LogP contribution in [0, 0.1) is 0 Å². The highest BCUT2D eigenvalue weighted by Gasteiger charge is 2.24. The molecule has 7 heteroatoms. The highest BCUT2D eigenvalue weighted by molar-refractivity contribution is 5.47. The second-order valence-corrected chi connectivity index (χ2v) is 6.72. The molecule has 0 saturated carbocycles. The zero-order valence-corrected chi connectivity index (χ0v) is 17.4. The van der Waals surface area contributed by atoms with Gasteiger partial charge in [-0.05, 0) is 13.3 Å². The Morgan fingerprint density at radius 3 is 2.82 bits per heavy atom. The van der Waals surface area contributed by atoms with Crippen molar-refractivity contribution in [3.8, 4) is 0 Å². The van der Waals surface area contributed by atoms with E-state index in [-0.39, 0.29) is 5.92 Å². The normalized spacial score (nSPS) is 14.4. The van der Waals surface area contributed by atoms with Crippen molar-refractivity contribution in [2.45, 2.75) is 46.1 Å². The number of allylic oxidation sites excluding steroid dienone is 2. The number of hydrogen-bond donors (Lipinski definition) is 2. The van der Waals surface area contributed by atoms with Crippen molar-refractivity contribution in [3.63, 3.8) is 0 Å². The summed E-state index contributed by atoms with van der Waals surface area (Å²) in [5.74, 6) is 1.47. The summed E-state index contributed by atoms with van der Waals surface area (Å²) in [5, 5.41) is 7.63. The molecule has 0 spiro atoms. The Morgan fingerprint density at radius 1 is 1.43 bits per heavy atom. The van der Waals surface area contributed by atoms with Gasteiger partial charge in [0, 0.05) is 55.6 Å². The summed E-state index contributed by atoms with van der Waals surface area (Å²) in [6, 6.07) is 2.03. The number of aromatic amines is 1. The highest BCUT2D eigenvalue weighted by Crippen LogP contribution is 2.28. The summed E-state index contributed by atoms with van der Waals surface area (Å²) in [6.07, 6.45) is 7.62. The van der Waals surface area contributed by atoms with Crippen LogP contribution in [0.5, 0.6) is 0 Å². The molecule has 7 nitrogen and oxygen atoms in total. The van der Waals surface area contributed by atoms with Crippen molar-refractivity contribution in [2.75, 3.05) is 30.9 Å². The van der Waals surface area contributed by atoms with Gasteiger partial charge in [-0.2, -0.15) is 10.1 Å². The Labute approximate surface area is 167 Å².